The topological polar surface area (TPSA) is 195 Å². The zero-order valence-corrected chi connectivity index (χ0v) is 38.3. The number of nitrogens with one attached hydrogen (secondary N) is 1. The lowest BCUT2D eigenvalue weighted by atomic mass is 9.75. The minimum atomic E-state index is -1.29. The first kappa shape index (κ1) is 48.4. The second kappa shape index (κ2) is 20.7. The first-order valence-electron chi connectivity index (χ1n) is 22.3. The van der Waals surface area contributed by atoms with Crippen molar-refractivity contribution >= 4 is 41.0 Å². The molecule has 0 saturated carbocycles. The van der Waals surface area contributed by atoms with Crippen LogP contribution in [-0.4, -0.2) is 100 Å². The molecule has 1 atom stereocenters. The monoisotopic (exact) mass is 866 g/mol. The van der Waals surface area contributed by atoms with Crippen molar-refractivity contribution in [2.24, 2.45) is 32.7 Å². The quantitative estimate of drug-likeness (QED) is 0.0997. The number of Topliss-reactive ketones (excluding diaryl/α,β-unsaturated/α-hetero) is 2. The molecule has 0 saturated heterocycles. The van der Waals surface area contributed by atoms with Crippen molar-refractivity contribution in [2.75, 3.05) is 32.8 Å². The van der Waals surface area contributed by atoms with Crippen LogP contribution in [-0.2, 0) is 23.9 Å². The number of fused-ring (bicyclic) bond motifs is 3. The van der Waals surface area contributed by atoms with E-state index in [9.17, 15) is 39.3 Å². The number of carbonyl (C=O) groups excluding carboxylic acids is 4. The van der Waals surface area contributed by atoms with E-state index in [4.69, 9.17) is 14.7 Å². The number of amides is 2. The normalized spacial score (nSPS) is 18.1. The maximum atomic E-state index is 14.6. The van der Waals surface area contributed by atoms with Crippen molar-refractivity contribution in [2.45, 2.75) is 119 Å². The summed E-state index contributed by atoms with van der Waals surface area (Å²) in [5.74, 6) is -2.17. The number of carboxylic acid groups (broad SMARTS) is 1. The number of aliphatic carboxylic acids is 1. The number of aliphatic hydroxyl groups is 2. The fourth-order valence-corrected chi connectivity index (χ4v) is 8.97. The Kier molecular flexibility index (Phi) is 15.9. The Balaban J connectivity index is 1.43. The van der Waals surface area contributed by atoms with Crippen molar-refractivity contribution in [3.05, 3.63) is 82.3 Å². The molecule has 340 valence electrons. The van der Waals surface area contributed by atoms with Crippen molar-refractivity contribution in [1.29, 1.82) is 0 Å². The van der Waals surface area contributed by atoms with Gasteiger partial charge in [-0.05, 0) is 64.2 Å². The van der Waals surface area contributed by atoms with E-state index in [1.165, 1.54) is 4.90 Å². The lowest BCUT2D eigenvalue weighted by Crippen LogP contribution is -2.50. The summed E-state index contributed by atoms with van der Waals surface area (Å²) < 4.78 is 5.78. The number of ether oxygens (including phenoxy) is 1. The molecule has 13 nitrogen and oxygen atoms in total. The van der Waals surface area contributed by atoms with Crippen LogP contribution in [0.2, 0.25) is 0 Å². The van der Waals surface area contributed by atoms with Gasteiger partial charge >= 0.3 is 12.1 Å². The zero-order chi connectivity index (χ0) is 46.2. The van der Waals surface area contributed by atoms with E-state index >= 15 is 0 Å². The molecule has 0 aromatic heterocycles. The highest BCUT2D eigenvalue weighted by molar-refractivity contribution is 6.24. The second-order valence-electron chi connectivity index (χ2n) is 19.7. The fourth-order valence-electron chi connectivity index (χ4n) is 8.97. The molecule has 0 heterocycles. The molecule has 2 aromatic rings. The molecule has 3 aliphatic carbocycles. The average Bonchev–Trinajstić information content (AvgIpc) is 3.49. The van der Waals surface area contributed by atoms with Crippen LogP contribution in [0.1, 0.15) is 124 Å². The first-order valence-corrected chi connectivity index (χ1v) is 22.3. The van der Waals surface area contributed by atoms with E-state index in [1.807, 2.05) is 104 Å². The Morgan fingerprint density at radius 3 is 1.60 bits per heavy atom. The highest BCUT2D eigenvalue weighted by Gasteiger charge is 2.37. The van der Waals surface area contributed by atoms with Gasteiger partial charge in [0.25, 0.3) is 0 Å². The molecule has 4 N–H and O–H groups in total. The maximum Gasteiger partial charge on any atom is 0.407 e. The summed E-state index contributed by atoms with van der Waals surface area (Å²) in [6, 6.07) is 14.5. The smallest absolute Gasteiger partial charge is 0.407 e. The molecule has 1 unspecified atom stereocenters. The van der Waals surface area contributed by atoms with Crippen LogP contribution in [0, 0.1) is 22.7 Å². The Hall–Kier alpha value is -5.59. The number of carboxylic acids is 1. The minimum absolute atomic E-state index is 0.000194. The molecule has 2 aromatic carbocycles. The number of carbonyl (C=O) groups is 5. The number of alkyl carbamates (subject to hydrolysis) is 1. The van der Waals surface area contributed by atoms with E-state index in [1.54, 1.807) is 0 Å². The first-order chi connectivity index (χ1) is 29.7. The van der Waals surface area contributed by atoms with Gasteiger partial charge in [-0.3, -0.25) is 29.2 Å². The zero-order valence-electron chi connectivity index (χ0n) is 38.3. The van der Waals surface area contributed by atoms with Crippen LogP contribution in [0.15, 0.2) is 81.2 Å². The van der Waals surface area contributed by atoms with Gasteiger partial charge in [-0.2, -0.15) is 0 Å². The predicted molar refractivity (Wildman–Crippen MR) is 244 cm³/mol. The molecule has 63 heavy (non-hydrogen) atoms. The second-order valence-corrected chi connectivity index (χ2v) is 19.7. The summed E-state index contributed by atoms with van der Waals surface area (Å²) in [6.07, 6.45) is 0.460. The Morgan fingerprint density at radius 1 is 0.746 bits per heavy atom. The molecule has 0 bridgehead atoms. The molecule has 0 radical (unpaired) electrons. The summed E-state index contributed by atoms with van der Waals surface area (Å²) in [5, 5.41) is 34.5. The summed E-state index contributed by atoms with van der Waals surface area (Å²) >= 11 is 0. The van der Waals surface area contributed by atoms with Gasteiger partial charge in [0, 0.05) is 62.5 Å². The number of ketones is 2. The number of nitrogens with zero attached hydrogens (tertiary/aromatic N) is 3. The van der Waals surface area contributed by atoms with Gasteiger partial charge in [-0.1, -0.05) is 104 Å². The Labute approximate surface area is 371 Å². The third-order valence-electron chi connectivity index (χ3n) is 11.7. The largest absolute Gasteiger partial charge is 0.511 e. The molecule has 13 heteroatoms. The van der Waals surface area contributed by atoms with E-state index in [0.29, 0.717) is 37.1 Å². The molecule has 3 aliphatic rings. The molecule has 0 spiro atoms. The van der Waals surface area contributed by atoms with Gasteiger partial charge in [0.1, 0.15) is 24.2 Å². The minimum Gasteiger partial charge on any atom is -0.511 e. The third kappa shape index (κ3) is 12.8. The molecule has 0 aliphatic heterocycles. The van der Waals surface area contributed by atoms with Crippen LogP contribution in [0.5, 0.6) is 0 Å². The van der Waals surface area contributed by atoms with Crippen LogP contribution in [0.3, 0.4) is 0 Å². The highest BCUT2D eigenvalue weighted by atomic mass is 16.5. The maximum absolute atomic E-state index is 14.6. The number of aliphatic hydroxyl groups excluding tert-OH is 2. The van der Waals surface area contributed by atoms with Crippen molar-refractivity contribution < 1.29 is 44.0 Å². The van der Waals surface area contributed by atoms with Crippen LogP contribution in [0.25, 0.3) is 11.1 Å². The highest BCUT2D eigenvalue weighted by Crippen LogP contribution is 2.44. The van der Waals surface area contributed by atoms with Crippen LogP contribution in [0.4, 0.5) is 4.79 Å². The molecule has 2 amide bonds. The number of aliphatic imine (C=N–C) groups is 2. The number of benzene rings is 2. The van der Waals surface area contributed by atoms with E-state index < -0.39 is 41.3 Å². The van der Waals surface area contributed by atoms with Gasteiger partial charge in [0.15, 0.2) is 11.6 Å². The van der Waals surface area contributed by atoms with Gasteiger partial charge < -0.3 is 30.3 Å². The number of rotatable bonds is 19. The van der Waals surface area contributed by atoms with Gasteiger partial charge in [0.2, 0.25) is 5.91 Å². The van der Waals surface area contributed by atoms with Crippen LogP contribution < -0.4 is 5.32 Å². The third-order valence-corrected chi connectivity index (χ3v) is 11.7. The van der Waals surface area contributed by atoms with Crippen molar-refractivity contribution in [3.63, 3.8) is 0 Å². The van der Waals surface area contributed by atoms with Crippen LogP contribution >= 0.6 is 0 Å². The average molecular weight is 867 g/mol. The molecule has 0 fully saturated rings. The fraction of sp³-hybridized carbons (Fsp3) is 0.540. The lowest BCUT2D eigenvalue weighted by Gasteiger charge is -2.31. The number of allylic oxidation sites excluding steroid dienone is 4. The molecule has 5 rings (SSSR count). The summed E-state index contributed by atoms with van der Waals surface area (Å²) in [6.45, 7) is 15.7. The lowest BCUT2D eigenvalue weighted by molar-refractivity contribution is -0.138. The van der Waals surface area contributed by atoms with Gasteiger partial charge in [0.05, 0.1) is 24.2 Å². The predicted octanol–water partition coefficient (Wildman–Crippen LogP) is 8.96. The van der Waals surface area contributed by atoms with E-state index in [0.717, 1.165) is 22.3 Å². The van der Waals surface area contributed by atoms with E-state index in [-0.39, 0.29) is 104 Å². The molecular weight excluding hydrogens is 801 g/mol. The molecular formula is C50H66N4O9. The number of hydrogen-bond donors (Lipinski definition) is 4. The van der Waals surface area contributed by atoms with Gasteiger partial charge in [-0.25, -0.2) is 4.79 Å². The van der Waals surface area contributed by atoms with Crippen molar-refractivity contribution in [3.8, 4) is 11.1 Å². The van der Waals surface area contributed by atoms with Crippen molar-refractivity contribution in [1.82, 2.24) is 10.2 Å². The van der Waals surface area contributed by atoms with E-state index in [2.05, 4.69) is 5.32 Å². The summed E-state index contributed by atoms with van der Waals surface area (Å²) in [7, 11) is 0. The van der Waals surface area contributed by atoms with Gasteiger partial charge in [-0.15, -0.1) is 0 Å². The Bertz CT molecular complexity index is 2070. The standard InChI is InChI=1S/C50H66N4O9/c1-30(2)23-38(45-40(55)25-49(5,6)26-41(45)56)51-19-21-54(22-20-52-39(24-31(3)4)46-42(57)27-50(7,8)28-43(46)58)47(61)37(17-18-44(59)60)53-48(62)63-29-36-34-15-11-9-13-32(34)33-14-10-12-16-35(33)36/h9-16,30-31,36-37,55,57H,17-29H2,1-8H3,(H,53,62)(H,59,60). The SMILES string of the molecule is CC(C)CC(=NCCN(CCN=C(CC(C)C)C1=C(O)CC(C)(C)CC1=O)C(=O)C(CCC(=O)O)NC(=O)OCC1c2ccccc2-c2ccccc21)C1=C(O)CC(C)(C)CC1=O. The number of hydrogen-bond acceptors (Lipinski definition) is 10. The summed E-state index contributed by atoms with van der Waals surface area (Å²) in [5.41, 5.74) is 4.66. The Morgan fingerprint density at radius 2 is 1.19 bits per heavy atom. The summed E-state index contributed by atoms with van der Waals surface area (Å²) in [4.78, 5) is 77.9.